The van der Waals surface area contributed by atoms with Gasteiger partial charge in [-0.15, -0.1) is 0 Å². The Labute approximate surface area is 116 Å². The fraction of sp³-hybridized carbons (Fsp3) is 0.533. The molecule has 2 bridgehead atoms. The molecule has 3 heteroatoms. The first-order valence-corrected chi connectivity index (χ1v) is 7.36. The van der Waals surface area contributed by atoms with Crippen LogP contribution in [0, 0.1) is 5.92 Å². The number of Topliss-reactive ketones (excluding diaryl/α,β-unsaturated/α-hetero) is 1. The summed E-state index contributed by atoms with van der Waals surface area (Å²) >= 11 is 3.87. The van der Waals surface area contributed by atoms with Crippen LogP contribution in [0.2, 0.25) is 0 Å². The van der Waals surface area contributed by atoms with Gasteiger partial charge in [0.05, 0.1) is 4.45 Å². The Bertz CT molecular complexity index is 461. The Morgan fingerprint density at radius 1 is 1.39 bits per heavy atom. The van der Waals surface area contributed by atoms with Gasteiger partial charge in [-0.25, -0.2) is 0 Å². The monoisotopic (exact) mass is 307 g/mol. The smallest absolute Gasteiger partial charge is 0.137 e. The van der Waals surface area contributed by atoms with Gasteiger partial charge in [0.25, 0.3) is 0 Å². The van der Waals surface area contributed by atoms with Gasteiger partial charge < -0.3 is 0 Å². The highest BCUT2D eigenvalue weighted by atomic mass is 79.9. The number of fused-ring (bicyclic) bond motifs is 2. The van der Waals surface area contributed by atoms with Crippen LogP contribution < -0.4 is 0 Å². The molecule has 2 fully saturated rings. The van der Waals surface area contributed by atoms with Crippen molar-refractivity contribution in [3.63, 3.8) is 0 Å². The number of ketones is 1. The Balaban J connectivity index is 1.84. The van der Waals surface area contributed by atoms with Crippen LogP contribution in [0.4, 0.5) is 0 Å². The number of carbonyl (C=O) groups excluding carboxylic acids is 1. The van der Waals surface area contributed by atoms with E-state index in [4.69, 9.17) is 0 Å². The largest absolute Gasteiger partial charge is 0.300 e. The van der Waals surface area contributed by atoms with Crippen molar-refractivity contribution in [1.82, 2.24) is 4.90 Å². The summed E-state index contributed by atoms with van der Waals surface area (Å²) in [5.41, 5.74) is 1.37. The Morgan fingerprint density at radius 3 is 2.83 bits per heavy atom. The lowest BCUT2D eigenvalue weighted by Crippen LogP contribution is -2.49. The molecule has 1 aromatic carbocycles. The van der Waals surface area contributed by atoms with Crippen molar-refractivity contribution in [1.29, 1.82) is 0 Å². The topological polar surface area (TPSA) is 20.3 Å². The van der Waals surface area contributed by atoms with E-state index in [1.165, 1.54) is 5.56 Å². The summed E-state index contributed by atoms with van der Waals surface area (Å²) < 4.78 is -0.108. The molecule has 0 radical (unpaired) electrons. The SMILES string of the molecule is CN1C2CC(=O)CC1(Br)C(Cc1ccccc1)C2. The molecule has 2 saturated heterocycles. The highest BCUT2D eigenvalue weighted by Gasteiger charge is 2.54. The second kappa shape index (κ2) is 4.46. The molecule has 0 aliphatic carbocycles. The molecule has 1 aromatic rings. The van der Waals surface area contributed by atoms with Gasteiger partial charge in [0.2, 0.25) is 0 Å². The maximum absolute atomic E-state index is 11.8. The van der Waals surface area contributed by atoms with E-state index in [-0.39, 0.29) is 4.45 Å². The van der Waals surface area contributed by atoms with E-state index in [0.717, 1.165) is 19.3 Å². The average molecular weight is 308 g/mol. The third-order valence-electron chi connectivity index (χ3n) is 4.55. The minimum absolute atomic E-state index is 0.108. The third kappa shape index (κ3) is 1.94. The molecule has 0 aromatic heterocycles. The average Bonchev–Trinajstić information content (AvgIpc) is 2.49. The number of benzene rings is 1. The first kappa shape index (κ1) is 12.4. The summed E-state index contributed by atoms with van der Waals surface area (Å²) in [5, 5.41) is 0. The summed E-state index contributed by atoms with van der Waals surface area (Å²) in [6.45, 7) is 0. The predicted octanol–water partition coefficient (Wildman–Crippen LogP) is 3.00. The van der Waals surface area contributed by atoms with Gasteiger partial charge in [-0.3, -0.25) is 9.69 Å². The van der Waals surface area contributed by atoms with Crippen LogP contribution in [0.5, 0.6) is 0 Å². The fourth-order valence-corrected chi connectivity index (χ4v) is 4.45. The van der Waals surface area contributed by atoms with Crippen LogP contribution in [0.1, 0.15) is 24.8 Å². The zero-order valence-corrected chi connectivity index (χ0v) is 12.2. The minimum Gasteiger partial charge on any atom is -0.300 e. The van der Waals surface area contributed by atoms with E-state index in [1.54, 1.807) is 0 Å². The summed E-state index contributed by atoms with van der Waals surface area (Å²) in [7, 11) is 2.15. The van der Waals surface area contributed by atoms with Gasteiger partial charge in [0, 0.05) is 18.9 Å². The van der Waals surface area contributed by atoms with Crippen LogP contribution in [0.3, 0.4) is 0 Å². The van der Waals surface area contributed by atoms with Crippen molar-refractivity contribution in [2.45, 2.75) is 36.2 Å². The van der Waals surface area contributed by atoms with Gasteiger partial charge in [-0.05, 0) is 31.4 Å². The number of piperidine rings is 1. The van der Waals surface area contributed by atoms with Crippen molar-refractivity contribution in [2.75, 3.05) is 7.05 Å². The van der Waals surface area contributed by atoms with Crippen LogP contribution in [-0.2, 0) is 11.2 Å². The fourth-order valence-electron chi connectivity index (χ4n) is 3.50. The molecule has 2 nitrogen and oxygen atoms in total. The van der Waals surface area contributed by atoms with E-state index in [1.807, 2.05) is 0 Å². The van der Waals surface area contributed by atoms with E-state index >= 15 is 0 Å². The van der Waals surface area contributed by atoms with Crippen molar-refractivity contribution in [3.05, 3.63) is 35.9 Å². The van der Waals surface area contributed by atoms with Crippen LogP contribution >= 0.6 is 15.9 Å². The zero-order chi connectivity index (χ0) is 12.8. The number of alkyl halides is 1. The van der Waals surface area contributed by atoms with Gasteiger partial charge in [-0.1, -0.05) is 46.3 Å². The summed E-state index contributed by atoms with van der Waals surface area (Å²) in [5.74, 6) is 0.937. The van der Waals surface area contributed by atoms with Crippen molar-refractivity contribution < 1.29 is 4.79 Å². The van der Waals surface area contributed by atoms with Gasteiger partial charge in [0.1, 0.15) is 5.78 Å². The molecule has 3 unspecified atom stereocenters. The summed E-state index contributed by atoms with van der Waals surface area (Å²) in [4.78, 5) is 14.2. The van der Waals surface area contributed by atoms with E-state index in [2.05, 4.69) is 58.2 Å². The predicted molar refractivity (Wildman–Crippen MR) is 75.7 cm³/mol. The molecule has 3 rings (SSSR count). The first-order chi connectivity index (χ1) is 8.59. The maximum Gasteiger partial charge on any atom is 0.137 e. The molecule has 96 valence electrons. The second-order valence-corrected chi connectivity index (χ2v) is 7.00. The lowest BCUT2D eigenvalue weighted by atomic mass is 9.90. The van der Waals surface area contributed by atoms with Crippen LogP contribution in [-0.4, -0.2) is 28.2 Å². The molecular formula is C15H18BrNO. The van der Waals surface area contributed by atoms with Crippen molar-refractivity contribution >= 4 is 21.7 Å². The van der Waals surface area contributed by atoms with E-state index in [0.29, 0.717) is 24.2 Å². The van der Waals surface area contributed by atoms with E-state index in [9.17, 15) is 4.79 Å². The minimum atomic E-state index is -0.108. The molecule has 0 amide bonds. The second-order valence-electron chi connectivity index (χ2n) is 5.63. The number of hydrogen-bond acceptors (Lipinski definition) is 2. The van der Waals surface area contributed by atoms with Crippen molar-refractivity contribution in [2.24, 2.45) is 5.92 Å². The van der Waals surface area contributed by atoms with Gasteiger partial charge >= 0.3 is 0 Å². The Kier molecular flexibility index (Phi) is 3.07. The quantitative estimate of drug-likeness (QED) is 0.618. The molecule has 2 heterocycles. The Hall–Kier alpha value is -0.670. The number of nitrogens with zero attached hydrogens (tertiary/aromatic N) is 1. The van der Waals surface area contributed by atoms with E-state index < -0.39 is 0 Å². The highest BCUT2D eigenvalue weighted by Crippen LogP contribution is 2.50. The number of carbonyl (C=O) groups is 1. The maximum atomic E-state index is 11.8. The molecule has 2 aliphatic rings. The lowest BCUT2D eigenvalue weighted by Gasteiger charge is -2.39. The number of halogens is 1. The molecule has 0 saturated carbocycles. The van der Waals surface area contributed by atoms with Crippen LogP contribution in [0.15, 0.2) is 30.3 Å². The third-order valence-corrected chi connectivity index (χ3v) is 6.04. The first-order valence-electron chi connectivity index (χ1n) is 6.57. The van der Waals surface area contributed by atoms with Gasteiger partial charge in [-0.2, -0.15) is 0 Å². The molecule has 0 N–H and O–H groups in total. The highest BCUT2D eigenvalue weighted by molar-refractivity contribution is 9.10. The Morgan fingerprint density at radius 2 is 2.11 bits per heavy atom. The summed E-state index contributed by atoms with van der Waals surface area (Å²) in [6.07, 6.45) is 3.56. The molecule has 2 aliphatic heterocycles. The number of hydrogen-bond donors (Lipinski definition) is 0. The normalized spacial score (nSPS) is 36.0. The lowest BCUT2D eigenvalue weighted by molar-refractivity contribution is -0.124. The molecule has 0 spiro atoms. The van der Waals surface area contributed by atoms with Crippen molar-refractivity contribution in [3.8, 4) is 0 Å². The van der Waals surface area contributed by atoms with Gasteiger partial charge in [0.15, 0.2) is 0 Å². The van der Waals surface area contributed by atoms with Crippen LogP contribution in [0.25, 0.3) is 0 Å². The molecule has 3 atom stereocenters. The zero-order valence-electron chi connectivity index (χ0n) is 10.6. The number of rotatable bonds is 2. The summed E-state index contributed by atoms with van der Waals surface area (Å²) in [6, 6.07) is 11.0. The molecular weight excluding hydrogens is 290 g/mol. The standard InChI is InChI=1S/C15H18BrNO/c1-17-13-8-12(7-11-5-3-2-4-6-11)15(17,16)10-14(18)9-13/h2-6,12-13H,7-10H2,1H3. The molecule has 18 heavy (non-hydrogen) atoms.